The summed E-state index contributed by atoms with van der Waals surface area (Å²) in [6.45, 7) is 6.06. The summed E-state index contributed by atoms with van der Waals surface area (Å²) in [6.07, 6.45) is -3.32. The number of carbonyl (C=O) groups is 2. The minimum atomic E-state index is -5.08. The zero-order chi connectivity index (χ0) is 26.7. The Morgan fingerprint density at radius 2 is 1.69 bits per heavy atom. The number of halogens is 4. The van der Waals surface area contributed by atoms with Crippen LogP contribution in [-0.4, -0.2) is 66.8 Å². The molecule has 2 atom stereocenters. The van der Waals surface area contributed by atoms with Gasteiger partial charge in [0, 0.05) is 48.9 Å². The molecule has 2 fully saturated rings. The first-order valence-electron chi connectivity index (χ1n) is 11.6. The van der Waals surface area contributed by atoms with E-state index in [0.29, 0.717) is 5.56 Å². The molecule has 1 amide bonds. The molecular weight excluding hydrogens is 480 g/mol. The van der Waals surface area contributed by atoms with Gasteiger partial charge in [0.15, 0.2) is 0 Å². The van der Waals surface area contributed by atoms with Crippen molar-refractivity contribution in [1.29, 1.82) is 0 Å². The maximum absolute atomic E-state index is 14.5. The van der Waals surface area contributed by atoms with Gasteiger partial charge in [-0.15, -0.1) is 0 Å². The fourth-order valence-corrected chi connectivity index (χ4v) is 4.09. The van der Waals surface area contributed by atoms with Gasteiger partial charge in [0.05, 0.1) is 5.69 Å². The normalized spacial score (nSPS) is 21.9. The van der Waals surface area contributed by atoms with E-state index in [1.54, 1.807) is 18.2 Å². The summed E-state index contributed by atoms with van der Waals surface area (Å²) in [4.78, 5) is 26.1. The maximum atomic E-state index is 14.5. The van der Waals surface area contributed by atoms with Crippen LogP contribution in [0.25, 0.3) is 0 Å². The SMILES string of the molecule is CCC1(N)CC1c1ccc(NC(=O)c2ccc(N3CCN(C)CC3)cc2)c(F)c1.O=C(O)C(F)(F)F. The van der Waals surface area contributed by atoms with Gasteiger partial charge in [0.25, 0.3) is 5.91 Å². The number of carboxylic acid groups (broad SMARTS) is 1. The third kappa shape index (κ3) is 6.73. The summed E-state index contributed by atoms with van der Waals surface area (Å²) in [6, 6.07) is 12.5. The monoisotopic (exact) mass is 510 g/mol. The first kappa shape index (κ1) is 27.4. The van der Waals surface area contributed by atoms with Gasteiger partial charge in [-0.3, -0.25) is 4.79 Å². The lowest BCUT2D eigenvalue weighted by molar-refractivity contribution is -0.192. The topological polar surface area (TPSA) is 98.9 Å². The number of nitrogens with one attached hydrogen (secondary N) is 1. The molecule has 1 saturated carbocycles. The molecule has 2 aliphatic rings. The van der Waals surface area contributed by atoms with Gasteiger partial charge < -0.3 is 26.0 Å². The van der Waals surface area contributed by atoms with E-state index in [-0.39, 0.29) is 23.1 Å². The summed E-state index contributed by atoms with van der Waals surface area (Å²) >= 11 is 0. The number of carboxylic acids is 1. The van der Waals surface area contributed by atoms with Gasteiger partial charge in [-0.1, -0.05) is 13.0 Å². The highest BCUT2D eigenvalue weighted by Crippen LogP contribution is 2.51. The quantitative estimate of drug-likeness (QED) is 0.525. The number of alkyl halides is 3. The van der Waals surface area contributed by atoms with Crippen molar-refractivity contribution in [2.24, 2.45) is 5.73 Å². The molecule has 1 heterocycles. The average Bonchev–Trinajstić information content (AvgIpc) is 3.53. The van der Waals surface area contributed by atoms with Gasteiger partial charge in [0.2, 0.25) is 0 Å². The number of benzene rings is 2. The van der Waals surface area contributed by atoms with E-state index in [1.807, 2.05) is 18.2 Å². The van der Waals surface area contributed by atoms with Crippen molar-refractivity contribution >= 4 is 23.3 Å². The summed E-state index contributed by atoms with van der Waals surface area (Å²) < 4.78 is 46.3. The lowest BCUT2D eigenvalue weighted by atomic mass is 10.0. The molecule has 0 radical (unpaired) electrons. The molecule has 4 N–H and O–H groups in total. The number of hydrogen-bond acceptors (Lipinski definition) is 5. The minimum Gasteiger partial charge on any atom is -0.475 e. The zero-order valence-electron chi connectivity index (χ0n) is 20.1. The zero-order valence-corrected chi connectivity index (χ0v) is 20.1. The van der Waals surface area contributed by atoms with Gasteiger partial charge in [-0.25, -0.2) is 9.18 Å². The molecule has 1 saturated heterocycles. The van der Waals surface area contributed by atoms with Crippen LogP contribution in [-0.2, 0) is 4.79 Å². The molecule has 0 spiro atoms. The number of hydrogen-bond donors (Lipinski definition) is 3. The van der Waals surface area contributed by atoms with Crippen molar-refractivity contribution in [2.75, 3.05) is 43.4 Å². The second-order valence-electron chi connectivity index (χ2n) is 9.18. The van der Waals surface area contributed by atoms with E-state index in [0.717, 1.165) is 50.3 Å². The molecule has 11 heteroatoms. The summed E-state index contributed by atoms with van der Waals surface area (Å²) in [5.41, 5.74) is 8.76. The number of nitrogens with zero attached hydrogens (tertiary/aromatic N) is 2. The van der Waals surface area contributed by atoms with Gasteiger partial charge in [0.1, 0.15) is 5.82 Å². The van der Waals surface area contributed by atoms with Crippen molar-refractivity contribution in [3.05, 3.63) is 59.4 Å². The molecule has 4 rings (SSSR count). The van der Waals surface area contributed by atoms with Crippen molar-refractivity contribution in [3.8, 4) is 0 Å². The second kappa shape index (κ2) is 10.8. The summed E-state index contributed by atoms with van der Waals surface area (Å²) in [5, 5.41) is 9.81. The Balaban J connectivity index is 0.000000454. The largest absolute Gasteiger partial charge is 0.490 e. The number of anilines is 2. The van der Waals surface area contributed by atoms with Crippen LogP contribution in [0.15, 0.2) is 42.5 Å². The number of nitrogens with two attached hydrogens (primary N) is 1. The van der Waals surface area contributed by atoms with Crippen LogP contribution in [0.3, 0.4) is 0 Å². The van der Waals surface area contributed by atoms with E-state index < -0.39 is 18.0 Å². The minimum absolute atomic E-state index is 0.196. The lowest BCUT2D eigenvalue weighted by Crippen LogP contribution is -2.44. The Morgan fingerprint density at radius 1 is 1.11 bits per heavy atom. The van der Waals surface area contributed by atoms with E-state index >= 15 is 0 Å². The third-order valence-electron chi connectivity index (χ3n) is 6.66. The molecule has 2 aromatic rings. The van der Waals surface area contributed by atoms with Crippen LogP contribution in [0.1, 0.15) is 41.6 Å². The highest BCUT2D eigenvalue weighted by Gasteiger charge is 2.50. The highest BCUT2D eigenvalue weighted by atomic mass is 19.4. The molecular formula is C25H30F4N4O3. The van der Waals surface area contributed by atoms with Crippen LogP contribution in [0, 0.1) is 5.82 Å². The smallest absolute Gasteiger partial charge is 0.475 e. The molecule has 2 aromatic carbocycles. The lowest BCUT2D eigenvalue weighted by Gasteiger charge is -2.34. The van der Waals surface area contributed by atoms with Gasteiger partial charge in [-0.2, -0.15) is 13.2 Å². The molecule has 2 unspecified atom stereocenters. The van der Waals surface area contributed by atoms with Crippen molar-refractivity contribution in [2.45, 2.75) is 37.4 Å². The van der Waals surface area contributed by atoms with Crippen molar-refractivity contribution < 1.29 is 32.3 Å². The van der Waals surface area contributed by atoms with E-state index in [2.05, 4.69) is 29.1 Å². The van der Waals surface area contributed by atoms with Crippen LogP contribution < -0.4 is 16.0 Å². The Kier molecular flexibility index (Phi) is 8.25. The first-order chi connectivity index (χ1) is 16.8. The number of piperazine rings is 1. The molecule has 1 aliphatic heterocycles. The predicted octanol–water partition coefficient (Wildman–Crippen LogP) is 4.06. The fraction of sp³-hybridized carbons (Fsp3) is 0.440. The van der Waals surface area contributed by atoms with Crippen molar-refractivity contribution in [1.82, 2.24) is 4.90 Å². The third-order valence-corrected chi connectivity index (χ3v) is 6.66. The Morgan fingerprint density at radius 3 is 2.17 bits per heavy atom. The van der Waals surface area contributed by atoms with E-state index in [1.165, 1.54) is 6.07 Å². The Bertz CT molecular complexity index is 1090. The van der Waals surface area contributed by atoms with E-state index in [9.17, 15) is 22.4 Å². The number of amides is 1. The molecule has 0 bridgehead atoms. The van der Waals surface area contributed by atoms with Crippen LogP contribution in [0.5, 0.6) is 0 Å². The van der Waals surface area contributed by atoms with Crippen LogP contribution >= 0.6 is 0 Å². The second-order valence-corrected chi connectivity index (χ2v) is 9.18. The summed E-state index contributed by atoms with van der Waals surface area (Å²) in [5.74, 6) is -3.29. The van der Waals surface area contributed by atoms with E-state index in [4.69, 9.17) is 15.6 Å². The highest BCUT2D eigenvalue weighted by molar-refractivity contribution is 6.04. The molecule has 7 nitrogen and oxygen atoms in total. The van der Waals surface area contributed by atoms with Gasteiger partial charge in [-0.05, 0) is 61.9 Å². The standard InChI is InChI=1S/C23H29FN4O.C2HF3O2/c1-3-23(25)15-19(23)17-6-9-21(20(24)14-17)26-22(29)16-4-7-18(8-5-16)28-12-10-27(2)11-13-28;3-2(4,5)1(6)7/h4-9,14,19H,3,10-13,15,25H2,1-2H3,(H,26,29);(H,6,7). The average molecular weight is 511 g/mol. The number of aliphatic carboxylic acids is 1. The molecule has 36 heavy (non-hydrogen) atoms. The maximum Gasteiger partial charge on any atom is 0.490 e. The van der Waals surface area contributed by atoms with Gasteiger partial charge >= 0.3 is 12.1 Å². The molecule has 196 valence electrons. The number of carbonyl (C=O) groups excluding carboxylic acids is 1. The van der Waals surface area contributed by atoms with Crippen molar-refractivity contribution in [3.63, 3.8) is 0 Å². The Labute approximate surface area is 206 Å². The summed E-state index contributed by atoms with van der Waals surface area (Å²) in [7, 11) is 2.12. The molecule has 0 aromatic heterocycles. The fourth-order valence-electron chi connectivity index (χ4n) is 4.09. The number of likely N-dealkylation sites (N-methyl/N-ethyl adjacent to an activating group) is 1. The van der Waals surface area contributed by atoms with Crippen LogP contribution in [0.2, 0.25) is 0 Å². The predicted molar refractivity (Wildman–Crippen MR) is 129 cm³/mol. The molecule has 1 aliphatic carbocycles. The van der Waals surface area contributed by atoms with Crippen LogP contribution in [0.4, 0.5) is 28.9 Å². The Hall–Kier alpha value is -3.18. The first-order valence-corrected chi connectivity index (χ1v) is 11.6. The number of rotatable bonds is 5.